The van der Waals surface area contributed by atoms with Gasteiger partial charge in [0.15, 0.2) is 0 Å². The Balaban J connectivity index is 2.21. The molecule has 1 aliphatic rings. The zero-order valence-corrected chi connectivity index (χ0v) is 12.0. The number of rotatable bonds is 9. The van der Waals surface area contributed by atoms with Crippen LogP contribution in [-0.4, -0.2) is 33.7 Å². The van der Waals surface area contributed by atoms with E-state index in [0.29, 0.717) is 11.3 Å². The van der Waals surface area contributed by atoms with Crippen molar-refractivity contribution in [1.82, 2.24) is 5.32 Å². The van der Waals surface area contributed by atoms with Crippen molar-refractivity contribution in [1.29, 1.82) is 0 Å². The lowest BCUT2D eigenvalue weighted by atomic mass is 9.95. The van der Waals surface area contributed by atoms with E-state index < -0.39 is 11.5 Å². The van der Waals surface area contributed by atoms with Crippen molar-refractivity contribution in [2.45, 2.75) is 69.7 Å². The number of hydrogen-bond acceptors (Lipinski definition) is 3. The maximum absolute atomic E-state index is 11.3. The molecule has 0 amide bonds. The van der Waals surface area contributed by atoms with Crippen LogP contribution in [0.25, 0.3) is 0 Å². The third-order valence-electron chi connectivity index (χ3n) is 3.09. The molecule has 0 aliphatic heterocycles. The van der Waals surface area contributed by atoms with E-state index in [-0.39, 0.29) is 0 Å². The number of aliphatic carboxylic acids is 1. The second-order valence-electron chi connectivity index (χ2n) is 5.43. The Labute approximate surface area is 109 Å². The molecule has 17 heavy (non-hydrogen) atoms. The first-order valence-electron chi connectivity index (χ1n) is 6.57. The molecule has 1 unspecified atom stereocenters. The first-order valence-corrected chi connectivity index (χ1v) is 7.61. The Hall–Kier alpha value is -0.220. The quantitative estimate of drug-likeness (QED) is 0.625. The molecular weight excluding hydrogens is 234 g/mol. The molecule has 3 nitrogen and oxygen atoms in total. The van der Waals surface area contributed by atoms with Gasteiger partial charge in [0.1, 0.15) is 5.54 Å². The molecule has 0 aromatic carbocycles. The highest BCUT2D eigenvalue weighted by molar-refractivity contribution is 7.99. The second-order valence-corrected chi connectivity index (χ2v) is 7.12. The summed E-state index contributed by atoms with van der Waals surface area (Å²) < 4.78 is 0. The van der Waals surface area contributed by atoms with Crippen molar-refractivity contribution in [3.63, 3.8) is 0 Å². The normalized spacial score (nSPS) is 19.3. The summed E-state index contributed by atoms with van der Waals surface area (Å²) in [5.74, 6) is 0.428. The van der Waals surface area contributed by atoms with E-state index >= 15 is 0 Å². The van der Waals surface area contributed by atoms with E-state index in [1.807, 2.05) is 18.7 Å². The van der Waals surface area contributed by atoms with Gasteiger partial charge in [0.2, 0.25) is 0 Å². The van der Waals surface area contributed by atoms with Crippen molar-refractivity contribution in [3.8, 4) is 0 Å². The van der Waals surface area contributed by atoms with Crippen molar-refractivity contribution >= 4 is 17.7 Å². The number of unbranched alkanes of at least 4 members (excludes halogenated alkanes) is 1. The molecule has 1 saturated carbocycles. The number of carboxylic acid groups (broad SMARTS) is 1. The Morgan fingerprint density at radius 2 is 2.12 bits per heavy atom. The summed E-state index contributed by atoms with van der Waals surface area (Å²) in [5, 5.41) is 13.2. The third kappa shape index (κ3) is 5.77. The van der Waals surface area contributed by atoms with Gasteiger partial charge >= 0.3 is 5.97 Å². The number of carboxylic acids is 1. The molecule has 0 radical (unpaired) electrons. The predicted octanol–water partition coefficient (Wildman–Crippen LogP) is 2.89. The van der Waals surface area contributed by atoms with Crippen LogP contribution in [0.3, 0.4) is 0 Å². The van der Waals surface area contributed by atoms with Gasteiger partial charge in [-0.15, -0.1) is 0 Å². The van der Waals surface area contributed by atoms with Gasteiger partial charge in [-0.25, -0.2) is 0 Å². The van der Waals surface area contributed by atoms with Crippen molar-refractivity contribution < 1.29 is 9.90 Å². The molecule has 1 aliphatic carbocycles. The molecule has 1 fully saturated rings. The van der Waals surface area contributed by atoms with Crippen molar-refractivity contribution in [2.75, 3.05) is 5.75 Å². The van der Waals surface area contributed by atoms with Crippen molar-refractivity contribution in [3.05, 3.63) is 0 Å². The topological polar surface area (TPSA) is 49.3 Å². The minimum Gasteiger partial charge on any atom is -0.480 e. The number of hydrogen-bond donors (Lipinski definition) is 2. The molecule has 0 spiro atoms. The minimum absolute atomic E-state index is 0.445. The highest BCUT2D eigenvalue weighted by atomic mass is 32.2. The minimum atomic E-state index is -0.719. The van der Waals surface area contributed by atoms with Crippen LogP contribution in [0.4, 0.5) is 0 Å². The van der Waals surface area contributed by atoms with Crippen LogP contribution in [0.1, 0.15) is 52.9 Å². The van der Waals surface area contributed by atoms with Crippen LogP contribution in [0, 0.1) is 0 Å². The van der Waals surface area contributed by atoms with E-state index in [2.05, 4.69) is 19.2 Å². The first kappa shape index (κ1) is 14.8. The SMILES string of the molecule is CC(C)SCCCCC(C)(NC1CC1)C(=O)O. The van der Waals surface area contributed by atoms with E-state index in [1.165, 1.54) is 0 Å². The van der Waals surface area contributed by atoms with Gasteiger partial charge in [-0.05, 0) is 43.6 Å². The van der Waals surface area contributed by atoms with Crippen LogP contribution in [-0.2, 0) is 4.79 Å². The van der Waals surface area contributed by atoms with E-state index in [1.54, 1.807) is 0 Å². The average molecular weight is 259 g/mol. The molecule has 4 heteroatoms. The lowest BCUT2D eigenvalue weighted by molar-refractivity contribution is -0.144. The molecule has 0 aromatic heterocycles. The largest absolute Gasteiger partial charge is 0.480 e. The zero-order chi connectivity index (χ0) is 12.9. The van der Waals surface area contributed by atoms with Crippen LogP contribution in [0.15, 0.2) is 0 Å². The Kier molecular flexibility index (Phi) is 5.80. The fourth-order valence-electron chi connectivity index (χ4n) is 1.82. The molecule has 1 rings (SSSR count). The summed E-state index contributed by atoms with van der Waals surface area (Å²) in [4.78, 5) is 11.3. The Morgan fingerprint density at radius 3 is 2.59 bits per heavy atom. The van der Waals surface area contributed by atoms with E-state index in [9.17, 15) is 9.90 Å². The van der Waals surface area contributed by atoms with Gasteiger partial charge in [0.05, 0.1) is 0 Å². The molecule has 100 valence electrons. The van der Waals surface area contributed by atoms with Gasteiger partial charge in [0.25, 0.3) is 0 Å². The van der Waals surface area contributed by atoms with E-state index in [4.69, 9.17) is 0 Å². The summed E-state index contributed by atoms with van der Waals surface area (Å²) in [7, 11) is 0. The summed E-state index contributed by atoms with van der Waals surface area (Å²) in [6.07, 6.45) is 5.09. The maximum Gasteiger partial charge on any atom is 0.323 e. The van der Waals surface area contributed by atoms with Crippen LogP contribution < -0.4 is 5.32 Å². The highest BCUT2D eigenvalue weighted by Gasteiger charge is 2.37. The third-order valence-corrected chi connectivity index (χ3v) is 4.29. The molecule has 1 atom stereocenters. The van der Waals surface area contributed by atoms with Gasteiger partial charge in [-0.1, -0.05) is 20.3 Å². The molecule has 0 heterocycles. The summed E-state index contributed by atoms with van der Waals surface area (Å²) >= 11 is 1.95. The zero-order valence-electron chi connectivity index (χ0n) is 11.2. The summed E-state index contributed by atoms with van der Waals surface area (Å²) in [6, 6.07) is 0.445. The standard InChI is InChI=1S/C13H25NO2S/c1-10(2)17-9-5-4-8-13(3,12(15)16)14-11-6-7-11/h10-11,14H,4-9H2,1-3H3,(H,15,16). The number of thioether (sulfide) groups is 1. The van der Waals surface area contributed by atoms with Gasteiger partial charge < -0.3 is 5.11 Å². The fourth-order valence-corrected chi connectivity index (χ4v) is 2.66. The Morgan fingerprint density at radius 1 is 1.47 bits per heavy atom. The second kappa shape index (κ2) is 6.64. The molecule has 0 aromatic rings. The van der Waals surface area contributed by atoms with Gasteiger partial charge in [-0.3, -0.25) is 10.1 Å². The molecular formula is C13H25NO2S. The lowest BCUT2D eigenvalue weighted by Gasteiger charge is -2.26. The van der Waals surface area contributed by atoms with E-state index in [0.717, 1.165) is 37.9 Å². The fraction of sp³-hybridized carbons (Fsp3) is 0.923. The van der Waals surface area contributed by atoms with Gasteiger partial charge in [0, 0.05) is 6.04 Å². The summed E-state index contributed by atoms with van der Waals surface area (Å²) in [5.41, 5.74) is -0.719. The number of carbonyl (C=O) groups is 1. The smallest absolute Gasteiger partial charge is 0.323 e. The summed E-state index contributed by atoms with van der Waals surface area (Å²) in [6.45, 7) is 6.21. The van der Waals surface area contributed by atoms with Crippen LogP contribution >= 0.6 is 11.8 Å². The van der Waals surface area contributed by atoms with Gasteiger partial charge in [-0.2, -0.15) is 11.8 Å². The molecule has 2 N–H and O–H groups in total. The van der Waals surface area contributed by atoms with Crippen LogP contribution in [0.2, 0.25) is 0 Å². The monoisotopic (exact) mass is 259 g/mol. The average Bonchev–Trinajstić information content (AvgIpc) is 3.00. The molecule has 0 saturated heterocycles. The Bertz CT molecular complexity index is 254. The maximum atomic E-state index is 11.3. The first-order chi connectivity index (χ1) is 7.94. The van der Waals surface area contributed by atoms with Crippen molar-refractivity contribution in [2.24, 2.45) is 0 Å². The highest BCUT2D eigenvalue weighted by Crippen LogP contribution is 2.25. The predicted molar refractivity (Wildman–Crippen MR) is 73.6 cm³/mol. The number of nitrogens with one attached hydrogen (secondary N) is 1. The lowest BCUT2D eigenvalue weighted by Crippen LogP contribution is -2.50. The molecule has 0 bridgehead atoms. The van der Waals surface area contributed by atoms with Crippen LogP contribution in [0.5, 0.6) is 0 Å².